The van der Waals surface area contributed by atoms with Gasteiger partial charge in [-0.15, -0.1) is 0 Å². The molecule has 0 radical (unpaired) electrons. The summed E-state index contributed by atoms with van der Waals surface area (Å²) in [7, 11) is -1.62. The molecule has 1 fully saturated rings. The summed E-state index contributed by atoms with van der Waals surface area (Å²) in [4.78, 5) is 0. The van der Waals surface area contributed by atoms with Crippen LogP contribution < -0.4 is 0 Å². The molecule has 5 atom stereocenters. The van der Waals surface area contributed by atoms with E-state index >= 15 is 0 Å². The Morgan fingerprint density at radius 1 is 1.10 bits per heavy atom. The van der Waals surface area contributed by atoms with Crippen LogP contribution in [-0.2, 0) is 0 Å². The highest BCUT2D eigenvalue weighted by atomic mass is 35.6. The lowest BCUT2D eigenvalue weighted by atomic mass is 9.63. The monoisotopic (exact) mass is 312 g/mol. The topological polar surface area (TPSA) is 0 Å². The van der Waals surface area contributed by atoms with Crippen LogP contribution in [0.15, 0.2) is 11.6 Å². The molecular weight excluding hydrogens is 280 g/mol. The maximum Gasteiger partial charge on any atom is 0.157 e. The molecular formula is C18H33ClSi. The number of allylic oxidation sites excluding steroid dienone is 2. The molecule has 0 heterocycles. The second kappa shape index (κ2) is 5.80. The summed E-state index contributed by atoms with van der Waals surface area (Å²) in [6.45, 7) is 16.7. The van der Waals surface area contributed by atoms with Crippen molar-refractivity contribution < 1.29 is 0 Å². The third kappa shape index (κ3) is 3.04. The first-order valence-electron chi connectivity index (χ1n) is 8.50. The largest absolute Gasteiger partial charge is 0.167 e. The van der Waals surface area contributed by atoms with Gasteiger partial charge in [-0.25, -0.2) is 0 Å². The number of hydrogen-bond acceptors (Lipinski definition) is 0. The molecule has 0 aromatic heterocycles. The zero-order valence-electron chi connectivity index (χ0n) is 14.4. The lowest BCUT2D eigenvalue weighted by molar-refractivity contribution is 0.0897. The van der Waals surface area contributed by atoms with Gasteiger partial charge in [0.25, 0.3) is 0 Å². The lowest BCUT2D eigenvalue weighted by Crippen LogP contribution is -2.40. The zero-order valence-corrected chi connectivity index (χ0v) is 16.2. The van der Waals surface area contributed by atoms with E-state index in [9.17, 15) is 0 Å². The van der Waals surface area contributed by atoms with E-state index in [1.807, 2.05) is 0 Å². The Labute approximate surface area is 132 Å². The molecule has 20 heavy (non-hydrogen) atoms. The van der Waals surface area contributed by atoms with E-state index in [4.69, 9.17) is 11.1 Å². The van der Waals surface area contributed by atoms with Crippen molar-refractivity contribution in [2.75, 3.05) is 0 Å². The van der Waals surface area contributed by atoms with Crippen molar-refractivity contribution in [1.82, 2.24) is 0 Å². The minimum atomic E-state index is -1.62. The quantitative estimate of drug-likeness (QED) is 0.324. The van der Waals surface area contributed by atoms with Crippen molar-refractivity contribution in [3.8, 4) is 0 Å². The smallest absolute Gasteiger partial charge is 0.157 e. The van der Waals surface area contributed by atoms with Crippen molar-refractivity contribution in [2.24, 2.45) is 35.5 Å². The summed E-state index contributed by atoms with van der Waals surface area (Å²) >= 11 is 6.91. The Bertz CT molecular complexity index is 377. The van der Waals surface area contributed by atoms with Crippen LogP contribution in [0.4, 0.5) is 0 Å². The van der Waals surface area contributed by atoms with E-state index < -0.39 is 7.38 Å². The zero-order chi connectivity index (χ0) is 15.2. The molecule has 2 aliphatic carbocycles. The minimum Gasteiger partial charge on any atom is -0.167 e. The highest BCUT2D eigenvalue weighted by Crippen LogP contribution is 2.58. The van der Waals surface area contributed by atoms with E-state index in [0.29, 0.717) is 5.54 Å². The van der Waals surface area contributed by atoms with Gasteiger partial charge in [0.1, 0.15) is 0 Å². The summed E-state index contributed by atoms with van der Waals surface area (Å²) < 4.78 is 0. The Morgan fingerprint density at radius 3 is 2.15 bits per heavy atom. The van der Waals surface area contributed by atoms with Gasteiger partial charge in [0.15, 0.2) is 7.38 Å². The molecule has 0 nitrogen and oxygen atoms in total. The summed E-state index contributed by atoms with van der Waals surface area (Å²) in [6, 6.07) is 0. The predicted octanol–water partition coefficient (Wildman–Crippen LogP) is 6.33. The van der Waals surface area contributed by atoms with Crippen LogP contribution in [0.25, 0.3) is 0 Å². The lowest BCUT2D eigenvalue weighted by Gasteiger charge is -2.45. The number of fused-ring (bicyclic) bond motifs is 1. The Hall–Kier alpha value is 0.247. The van der Waals surface area contributed by atoms with Gasteiger partial charge >= 0.3 is 0 Å². The van der Waals surface area contributed by atoms with Crippen molar-refractivity contribution in [1.29, 1.82) is 0 Å². The summed E-state index contributed by atoms with van der Waals surface area (Å²) in [5.41, 5.74) is 2.32. The maximum atomic E-state index is 6.91. The molecule has 0 aromatic rings. The molecule has 2 aliphatic rings. The van der Waals surface area contributed by atoms with Crippen molar-refractivity contribution in [2.45, 2.75) is 66.1 Å². The van der Waals surface area contributed by atoms with Crippen LogP contribution in [0.1, 0.15) is 47.5 Å². The second-order valence-electron chi connectivity index (χ2n) is 8.58. The molecule has 116 valence electrons. The molecule has 0 bridgehead atoms. The Kier molecular flexibility index (Phi) is 4.82. The highest BCUT2D eigenvalue weighted by molar-refractivity contribution is 7.20. The van der Waals surface area contributed by atoms with Gasteiger partial charge in [-0.1, -0.05) is 52.4 Å². The first kappa shape index (κ1) is 16.6. The fourth-order valence-electron chi connectivity index (χ4n) is 5.09. The SMILES string of the molecule is CC1=CC2C(C(C)C)CC(C(C)C)CC2C1[Si](C)(C)Cl. The molecule has 2 rings (SSSR count). The van der Waals surface area contributed by atoms with Crippen LogP contribution in [0.5, 0.6) is 0 Å². The average molecular weight is 313 g/mol. The van der Waals surface area contributed by atoms with Gasteiger partial charge < -0.3 is 0 Å². The van der Waals surface area contributed by atoms with E-state index in [1.165, 1.54) is 12.8 Å². The molecule has 2 heteroatoms. The molecule has 0 aliphatic heterocycles. The molecule has 0 aromatic carbocycles. The van der Waals surface area contributed by atoms with Crippen LogP contribution in [0, 0.1) is 35.5 Å². The fraction of sp³-hybridized carbons (Fsp3) is 0.889. The van der Waals surface area contributed by atoms with E-state index in [-0.39, 0.29) is 0 Å². The van der Waals surface area contributed by atoms with Gasteiger partial charge in [-0.2, -0.15) is 11.1 Å². The predicted molar refractivity (Wildman–Crippen MR) is 93.7 cm³/mol. The first-order valence-corrected chi connectivity index (χ1v) is 12.6. The molecule has 0 N–H and O–H groups in total. The molecule has 0 spiro atoms. The van der Waals surface area contributed by atoms with Gasteiger partial charge in [-0.3, -0.25) is 0 Å². The van der Waals surface area contributed by atoms with Crippen LogP contribution in [-0.4, -0.2) is 7.38 Å². The van der Waals surface area contributed by atoms with Crippen molar-refractivity contribution in [3.63, 3.8) is 0 Å². The average Bonchev–Trinajstić information content (AvgIpc) is 2.62. The Morgan fingerprint density at radius 2 is 1.70 bits per heavy atom. The second-order valence-corrected chi connectivity index (χ2v) is 15.3. The Balaban J connectivity index is 2.31. The molecule has 0 saturated heterocycles. The maximum absolute atomic E-state index is 6.91. The number of hydrogen-bond donors (Lipinski definition) is 0. The summed E-state index contributed by atoms with van der Waals surface area (Å²) in [5.74, 6) is 5.03. The van der Waals surface area contributed by atoms with Crippen molar-refractivity contribution in [3.05, 3.63) is 11.6 Å². The van der Waals surface area contributed by atoms with Gasteiger partial charge in [0.2, 0.25) is 0 Å². The molecule has 0 amide bonds. The van der Waals surface area contributed by atoms with E-state index in [0.717, 1.165) is 35.5 Å². The standard InChI is InChI=1S/C18H33ClSi/c1-11(2)14-9-15(12(3)4)16-8-13(5)18(17(16)10-14)20(6,7)19/h8,11-12,14-18H,9-10H2,1-7H3. The molecule has 1 saturated carbocycles. The molecule has 5 unspecified atom stereocenters. The van der Waals surface area contributed by atoms with Gasteiger partial charge in [-0.05, 0) is 60.8 Å². The minimum absolute atomic E-state index is 0.706. The van der Waals surface area contributed by atoms with E-state index in [1.54, 1.807) is 5.57 Å². The number of rotatable bonds is 3. The van der Waals surface area contributed by atoms with Gasteiger partial charge in [0, 0.05) is 0 Å². The fourth-order valence-corrected chi connectivity index (χ4v) is 8.65. The van der Waals surface area contributed by atoms with E-state index in [2.05, 4.69) is 53.8 Å². The third-order valence-electron chi connectivity index (χ3n) is 6.05. The van der Waals surface area contributed by atoms with Crippen LogP contribution >= 0.6 is 11.1 Å². The summed E-state index contributed by atoms with van der Waals surface area (Å²) in [6.07, 6.45) is 5.46. The van der Waals surface area contributed by atoms with Crippen LogP contribution in [0.3, 0.4) is 0 Å². The number of halogens is 1. The normalized spacial score (nSPS) is 38.3. The van der Waals surface area contributed by atoms with Crippen LogP contribution in [0.2, 0.25) is 18.6 Å². The van der Waals surface area contributed by atoms with Gasteiger partial charge in [0.05, 0.1) is 0 Å². The highest BCUT2D eigenvalue weighted by Gasteiger charge is 2.50. The van der Waals surface area contributed by atoms with Crippen molar-refractivity contribution >= 4 is 18.5 Å². The third-order valence-corrected chi connectivity index (χ3v) is 9.12. The first-order chi connectivity index (χ1) is 9.12. The summed E-state index contributed by atoms with van der Waals surface area (Å²) in [5, 5.41) is 0.